The number of nitrogens with one attached hydrogen (secondary N) is 1. The van der Waals surface area contributed by atoms with E-state index in [4.69, 9.17) is 4.74 Å². The number of methoxy groups -OCH3 is 1. The van der Waals surface area contributed by atoms with Crippen LogP contribution in [0, 0.1) is 5.92 Å². The van der Waals surface area contributed by atoms with Gasteiger partial charge in [-0.05, 0) is 30.0 Å². The molecule has 0 fully saturated rings. The molecule has 6 nitrogen and oxygen atoms in total. The van der Waals surface area contributed by atoms with Crippen LogP contribution in [0.4, 0.5) is 0 Å². The highest BCUT2D eigenvalue weighted by molar-refractivity contribution is 5.98. The first-order chi connectivity index (χ1) is 11.9. The van der Waals surface area contributed by atoms with Crippen LogP contribution in [0.5, 0.6) is 0 Å². The van der Waals surface area contributed by atoms with Gasteiger partial charge in [-0.1, -0.05) is 26.0 Å². The maximum absolute atomic E-state index is 12.7. The largest absolute Gasteiger partial charge is 0.465 e. The predicted octanol–water partition coefficient (Wildman–Crippen LogP) is 2.91. The highest BCUT2D eigenvalue weighted by Crippen LogP contribution is 2.28. The molecule has 0 aliphatic heterocycles. The van der Waals surface area contributed by atoms with Crippen molar-refractivity contribution in [1.82, 2.24) is 14.8 Å². The van der Waals surface area contributed by atoms with E-state index in [1.807, 2.05) is 12.3 Å². The van der Waals surface area contributed by atoms with Gasteiger partial charge in [-0.3, -0.25) is 4.79 Å². The molecule has 2 heterocycles. The first-order valence-electron chi connectivity index (χ1n) is 8.18. The Balaban J connectivity index is 2.23. The van der Waals surface area contributed by atoms with Crippen molar-refractivity contribution in [2.75, 3.05) is 7.11 Å². The molecule has 0 aliphatic carbocycles. The average molecular weight is 339 g/mol. The van der Waals surface area contributed by atoms with Gasteiger partial charge in [0.05, 0.1) is 29.4 Å². The van der Waals surface area contributed by atoms with Crippen LogP contribution in [0.25, 0.3) is 22.0 Å². The summed E-state index contributed by atoms with van der Waals surface area (Å²) in [6.45, 7) is 4.23. The first kappa shape index (κ1) is 17.0. The molecule has 0 spiro atoms. The van der Waals surface area contributed by atoms with Crippen molar-refractivity contribution in [2.45, 2.75) is 20.3 Å². The van der Waals surface area contributed by atoms with Crippen LogP contribution in [-0.2, 0) is 18.2 Å². The fourth-order valence-electron chi connectivity index (χ4n) is 3.00. The number of nitrogens with zero attached hydrogens (tertiary/aromatic N) is 2. The molecular formula is C19H21N3O3. The van der Waals surface area contributed by atoms with Gasteiger partial charge in [-0.25, -0.2) is 9.48 Å². The van der Waals surface area contributed by atoms with Gasteiger partial charge in [0.15, 0.2) is 0 Å². The Labute approximate surface area is 145 Å². The molecule has 1 N–H and O–H groups in total. The molecule has 3 rings (SSSR count). The lowest BCUT2D eigenvalue weighted by Crippen LogP contribution is -2.21. The molecule has 0 bridgehead atoms. The molecule has 6 heteroatoms. The number of rotatable bonds is 4. The van der Waals surface area contributed by atoms with Gasteiger partial charge in [0, 0.05) is 18.6 Å². The van der Waals surface area contributed by atoms with Crippen LogP contribution in [0.2, 0.25) is 0 Å². The van der Waals surface area contributed by atoms with Gasteiger partial charge in [0.25, 0.3) is 5.56 Å². The van der Waals surface area contributed by atoms with E-state index in [-0.39, 0.29) is 5.56 Å². The Bertz CT molecular complexity index is 999. The number of hydrogen-bond donors (Lipinski definition) is 1. The molecule has 25 heavy (non-hydrogen) atoms. The number of hydrogen-bond acceptors (Lipinski definition) is 4. The summed E-state index contributed by atoms with van der Waals surface area (Å²) >= 11 is 0. The summed E-state index contributed by atoms with van der Waals surface area (Å²) in [5.74, 6) is 0.0157. The Kier molecular flexibility index (Phi) is 4.44. The summed E-state index contributed by atoms with van der Waals surface area (Å²) in [4.78, 5) is 27.7. The van der Waals surface area contributed by atoms with E-state index in [1.54, 1.807) is 25.2 Å². The number of carbonyl (C=O) groups excluding carboxylic acids is 1. The Hall–Kier alpha value is -2.89. The van der Waals surface area contributed by atoms with Crippen molar-refractivity contribution in [2.24, 2.45) is 13.0 Å². The topological polar surface area (TPSA) is 77.0 Å². The lowest BCUT2D eigenvalue weighted by Gasteiger charge is -2.08. The fraction of sp³-hybridized carbons (Fsp3) is 0.316. The second-order valence-electron chi connectivity index (χ2n) is 6.50. The smallest absolute Gasteiger partial charge is 0.337 e. The van der Waals surface area contributed by atoms with Crippen molar-refractivity contribution in [1.29, 1.82) is 0 Å². The molecule has 0 amide bonds. The summed E-state index contributed by atoms with van der Waals surface area (Å²) in [5, 5.41) is 5.84. The number of aromatic amines is 1. The van der Waals surface area contributed by atoms with Gasteiger partial charge in [-0.15, -0.1) is 0 Å². The van der Waals surface area contributed by atoms with Crippen molar-refractivity contribution >= 4 is 16.7 Å². The molecule has 1 aromatic carbocycles. The first-order valence-corrected chi connectivity index (χ1v) is 8.18. The zero-order valence-electron chi connectivity index (χ0n) is 14.8. The predicted molar refractivity (Wildman–Crippen MR) is 96.7 cm³/mol. The molecule has 2 aromatic heterocycles. The van der Waals surface area contributed by atoms with Gasteiger partial charge >= 0.3 is 5.97 Å². The minimum Gasteiger partial charge on any atom is -0.465 e. The number of H-pyrrole nitrogens is 1. The van der Waals surface area contributed by atoms with Crippen molar-refractivity contribution in [3.8, 4) is 11.3 Å². The van der Waals surface area contributed by atoms with Gasteiger partial charge < -0.3 is 9.72 Å². The number of benzene rings is 1. The summed E-state index contributed by atoms with van der Waals surface area (Å²) in [7, 11) is 3.01. The van der Waals surface area contributed by atoms with Crippen LogP contribution < -0.4 is 5.56 Å². The van der Waals surface area contributed by atoms with E-state index in [1.165, 1.54) is 11.8 Å². The number of ether oxygens (including phenoxy) is 1. The third kappa shape index (κ3) is 3.07. The Morgan fingerprint density at radius 1 is 1.36 bits per heavy atom. The van der Waals surface area contributed by atoms with Crippen LogP contribution in [-0.4, -0.2) is 27.8 Å². The third-order valence-electron chi connectivity index (χ3n) is 4.14. The molecule has 0 atom stereocenters. The van der Waals surface area contributed by atoms with Crippen LogP contribution in [0.1, 0.15) is 29.9 Å². The second-order valence-corrected chi connectivity index (χ2v) is 6.50. The summed E-state index contributed by atoms with van der Waals surface area (Å²) in [6, 6.07) is 7.04. The zero-order chi connectivity index (χ0) is 18.1. The lowest BCUT2D eigenvalue weighted by molar-refractivity contribution is 0.0601. The maximum Gasteiger partial charge on any atom is 0.337 e. The summed E-state index contributed by atoms with van der Waals surface area (Å²) < 4.78 is 6.15. The van der Waals surface area contributed by atoms with E-state index in [0.29, 0.717) is 22.6 Å². The highest BCUT2D eigenvalue weighted by atomic mass is 16.5. The molecule has 0 saturated heterocycles. The Morgan fingerprint density at radius 2 is 2.12 bits per heavy atom. The molecule has 3 aromatic rings. The summed E-state index contributed by atoms with van der Waals surface area (Å²) in [5.41, 5.74) is 2.61. The standard InChI is InChI=1S/C19H21N3O3/c1-11(2)8-15-14-10-20-17(16(14)18(23)22(3)21-15)12-6-5-7-13(9-12)19(24)25-4/h5-7,9-11,20H,8H2,1-4H3. The number of aromatic nitrogens is 3. The fourth-order valence-corrected chi connectivity index (χ4v) is 3.00. The summed E-state index contributed by atoms with van der Waals surface area (Å²) in [6.07, 6.45) is 2.60. The molecule has 0 radical (unpaired) electrons. The van der Waals surface area contributed by atoms with E-state index < -0.39 is 5.97 Å². The third-order valence-corrected chi connectivity index (χ3v) is 4.14. The molecule has 130 valence electrons. The van der Waals surface area contributed by atoms with E-state index >= 15 is 0 Å². The molecule has 0 unspecified atom stereocenters. The van der Waals surface area contributed by atoms with Gasteiger partial charge in [-0.2, -0.15) is 5.10 Å². The minimum atomic E-state index is -0.409. The minimum absolute atomic E-state index is 0.165. The monoisotopic (exact) mass is 339 g/mol. The zero-order valence-corrected chi connectivity index (χ0v) is 14.8. The normalized spacial score (nSPS) is 11.2. The molecule has 0 saturated carbocycles. The van der Waals surface area contributed by atoms with E-state index in [0.717, 1.165) is 23.1 Å². The van der Waals surface area contributed by atoms with Crippen LogP contribution in [0.3, 0.4) is 0 Å². The van der Waals surface area contributed by atoms with Gasteiger partial charge in [0.1, 0.15) is 0 Å². The van der Waals surface area contributed by atoms with E-state index in [2.05, 4.69) is 23.9 Å². The van der Waals surface area contributed by atoms with Gasteiger partial charge in [0.2, 0.25) is 0 Å². The number of aryl methyl sites for hydroxylation is 1. The number of carbonyl (C=O) groups is 1. The molecule has 0 aliphatic rings. The SMILES string of the molecule is COC(=O)c1cccc(-c2[nH]cc3c(CC(C)C)nn(C)c(=O)c23)c1. The lowest BCUT2D eigenvalue weighted by atomic mass is 10.0. The quantitative estimate of drug-likeness (QED) is 0.742. The van der Waals surface area contributed by atoms with Crippen molar-refractivity contribution in [3.63, 3.8) is 0 Å². The highest BCUT2D eigenvalue weighted by Gasteiger charge is 2.17. The number of esters is 1. The van der Waals surface area contributed by atoms with Crippen LogP contribution >= 0.6 is 0 Å². The van der Waals surface area contributed by atoms with Crippen LogP contribution in [0.15, 0.2) is 35.3 Å². The van der Waals surface area contributed by atoms with E-state index in [9.17, 15) is 9.59 Å². The van der Waals surface area contributed by atoms with Crippen molar-refractivity contribution in [3.05, 3.63) is 52.1 Å². The second kappa shape index (κ2) is 6.55. The number of fused-ring (bicyclic) bond motifs is 1. The van der Waals surface area contributed by atoms with Crippen molar-refractivity contribution < 1.29 is 9.53 Å². The maximum atomic E-state index is 12.7. The average Bonchev–Trinajstić information content (AvgIpc) is 3.04. The Morgan fingerprint density at radius 3 is 2.80 bits per heavy atom. The molecular weight excluding hydrogens is 318 g/mol.